The van der Waals surface area contributed by atoms with Gasteiger partial charge in [-0.05, 0) is 31.0 Å². The summed E-state index contributed by atoms with van der Waals surface area (Å²) in [6.07, 6.45) is 9.62. The van der Waals surface area contributed by atoms with Crippen molar-refractivity contribution in [2.24, 2.45) is 5.84 Å². The predicted octanol–water partition coefficient (Wildman–Crippen LogP) is 2.34. The highest BCUT2D eigenvalue weighted by Crippen LogP contribution is 2.29. The maximum Gasteiger partial charge on any atom is 0.122 e. The van der Waals surface area contributed by atoms with Crippen LogP contribution in [0.3, 0.4) is 0 Å². The Morgan fingerprint density at radius 3 is 2.95 bits per heavy atom. The molecule has 0 aliphatic heterocycles. The van der Waals surface area contributed by atoms with E-state index in [-0.39, 0.29) is 6.04 Å². The number of hydrazine groups is 1. The maximum atomic E-state index is 5.60. The third-order valence-corrected chi connectivity index (χ3v) is 3.86. The molecule has 1 unspecified atom stereocenters. The highest BCUT2D eigenvalue weighted by molar-refractivity contribution is 5.10. The maximum absolute atomic E-state index is 5.60. The van der Waals surface area contributed by atoms with Crippen LogP contribution in [0, 0.1) is 0 Å². The Bertz CT molecular complexity index is 499. The summed E-state index contributed by atoms with van der Waals surface area (Å²) < 4.78 is 7.50. The quantitative estimate of drug-likeness (QED) is 0.639. The molecule has 19 heavy (non-hydrogen) atoms. The summed E-state index contributed by atoms with van der Waals surface area (Å²) in [4.78, 5) is 0. The fraction of sp³-hybridized carbons (Fsp3) is 0.500. The van der Waals surface area contributed by atoms with E-state index in [1.807, 2.05) is 12.1 Å². The second-order valence-electron chi connectivity index (χ2n) is 5.16. The van der Waals surface area contributed by atoms with Gasteiger partial charge in [0.05, 0.1) is 24.0 Å². The molecular formula is C14H20N4O. The van der Waals surface area contributed by atoms with Crippen molar-refractivity contribution >= 4 is 0 Å². The fourth-order valence-electron chi connectivity index (χ4n) is 2.80. The van der Waals surface area contributed by atoms with Gasteiger partial charge in [0, 0.05) is 12.6 Å². The van der Waals surface area contributed by atoms with E-state index in [2.05, 4.69) is 27.5 Å². The number of hydrogen-bond acceptors (Lipinski definition) is 4. The molecule has 0 saturated heterocycles. The van der Waals surface area contributed by atoms with Crippen molar-refractivity contribution < 1.29 is 4.42 Å². The van der Waals surface area contributed by atoms with Gasteiger partial charge in [-0.3, -0.25) is 10.5 Å². The van der Waals surface area contributed by atoms with Crippen LogP contribution in [-0.2, 0) is 6.42 Å². The molecule has 0 aromatic carbocycles. The summed E-state index contributed by atoms with van der Waals surface area (Å²) in [5.74, 6) is 6.44. The number of nitrogens with one attached hydrogen (secondary N) is 1. The van der Waals surface area contributed by atoms with Crippen molar-refractivity contribution in [3.63, 3.8) is 0 Å². The first kappa shape index (κ1) is 12.4. The van der Waals surface area contributed by atoms with Crippen molar-refractivity contribution in [1.29, 1.82) is 0 Å². The van der Waals surface area contributed by atoms with Gasteiger partial charge in [0.1, 0.15) is 5.76 Å². The lowest BCUT2D eigenvalue weighted by atomic mass is 10.1. The average molecular weight is 260 g/mol. The molecule has 2 aromatic heterocycles. The van der Waals surface area contributed by atoms with Crippen LogP contribution in [0.1, 0.15) is 49.2 Å². The lowest BCUT2D eigenvalue weighted by Gasteiger charge is -2.12. The van der Waals surface area contributed by atoms with Crippen LogP contribution in [-0.4, -0.2) is 9.78 Å². The van der Waals surface area contributed by atoms with Crippen LogP contribution in [0.5, 0.6) is 0 Å². The number of aromatic nitrogens is 2. The van der Waals surface area contributed by atoms with Gasteiger partial charge in [-0.2, -0.15) is 5.10 Å². The molecule has 3 N–H and O–H groups in total. The van der Waals surface area contributed by atoms with Gasteiger partial charge in [-0.15, -0.1) is 0 Å². The Morgan fingerprint density at radius 2 is 2.26 bits per heavy atom. The number of rotatable bonds is 5. The molecule has 1 fully saturated rings. The van der Waals surface area contributed by atoms with Crippen molar-refractivity contribution in [3.8, 4) is 0 Å². The molecule has 1 saturated carbocycles. The number of furan rings is 1. The largest absolute Gasteiger partial charge is 0.468 e. The topological polar surface area (TPSA) is 69.0 Å². The predicted molar refractivity (Wildman–Crippen MR) is 72.2 cm³/mol. The molecular weight excluding hydrogens is 240 g/mol. The molecule has 5 nitrogen and oxygen atoms in total. The molecule has 2 heterocycles. The van der Waals surface area contributed by atoms with E-state index in [1.54, 1.807) is 6.26 Å². The van der Waals surface area contributed by atoms with E-state index in [1.165, 1.54) is 25.7 Å². The van der Waals surface area contributed by atoms with Gasteiger partial charge >= 0.3 is 0 Å². The first-order chi connectivity index (χ1) is 9.36. The highest BCUT2D eigenvalue weighted by atomic mass is 16.3. The molecule has 0 amide bonds. The van der Waals surface area contributed by atoms with Crippen LogP contribution in [0.25, 0.3) is 0 Å². The van der Waals surface area contributed by atoms with Gasteiger partial charge < -0.3 is 4.42 Å². The molecule has 5 heteroatoms. The van der Waals surface area contributed by atoms with Crippen LogP contribution in [0.4, 0.5) is 0 Å². The molecule has 3 rings (SSSR count). The molecule has 1 aliphatic rings. The third kappa shape index (κ3) is 2.72. The summed E-state index contributed by atoms with van der Waals surface area (Å²) in [6, 6.07) is 6.43. The SMILES string of the molecule is NNC(Cc1ccn(C2CCCC2)n1)c1ccco1. The molecule has 0 spiro atoms. The van der Waals surface area contributed by atoms with Crippen LogP contribution in [0.15, 0.2) is 35.1 Å². The Morgan fingerprint density at radius 1 is 1.42 bits per heavy atom. The molecule has 2 aromatic rings. The van der Waals surface area contributed by atoms with Gasteiger partial charge in [-0.1, -0.05) is 12.8 Å². The minimum Gasteiger partial charge on any atom is -0.468 e. The number of nitrogens with zero attached hydrogens (tertiary/aromatic N) is 2. The number of hydrogen-bond donors (Lipinski definition) is 2. The fourth-order valence-corrected chi connectivity index (χ4v) is 2.80. The summed E-state index contributed by atoms with van der Waals surface area (Å²) in [7, 11) is 0. The van der Waals surface area contributed by atoms with Crippen LogP contribution >= 0.6 is 0 Å². The summed E-state index contributed by atoms with van der Waals surface area (Å²) in [5.41, 5.74) is 3.84. The third-order valence-electron chi connectivity index (χ3n) is 3.86. The molecule has 1 atom stereocenters. The molecule has 0 bridgehead atoms. The Hall–Kier alpha value is -1.59. The van der Waals surface area contributed by atoms with E-state index >= 15 is 0 Å². The van der Waals surface area contributed by atoms with Crippen LogP contribution < -0.4 is 11.3 Å². The van der Waals surface area contributed by atoms with E-state index in [0.717, 1.165) is 17.9 Å². The summed E-state index contributed by atoms with van der Waals surface area (Å²) >= 11 is 0. The van der Waals surface area contributed by atoms with Crippen molar-refractivity contribution in [3.05, 3.63) is 42.1 Å². The molecule has 102 valence electrons. The Kier molecular flexibility index (Phi) is 3.66. The van der Waals surface area contributed by atoms with Crippen LogP contribution in [0.2, 0.25) is 0 Å². The first-order valence-corrected chi connectivity index (χ1v) is 6.90. The Labute approximate surface area is 112 Å². The van der Waals surface area contributed by atoms with Gasteiger partial charge in [0.2, 0.25) is 0 Å². The monoisotopic (exact) mass is 260 g/mol. The highest BCUT2D eigenvalue weighted by Gasteiger charge is 2.19. The van der Waals surface area contributed by atoms with E-state index in [9.17, 15) is 0 Å². The lowest BCUT2D eigenvalue weighted by Crippen LogP contribution is -2.29. The van der Waals surface area contributed by atoms with E-state index in [0.29, 0.717) is 6.04 Å². The second-order valence-corrected chi connectivity index (χ2v) is 5.16. The number of nitrogens with two attached hydrogens (primary N) is 1. The minimum atomic E-state index is -0.0260. The normalized spacial score (nSPS) is 17.9. The first-order valence-electron chi connectivity index (χ1n) is 6.90. The zero-order valence-corrected chi connectivity index (χ0v) is 11.0. The standard InChI is InChI=1S/C14H20N4O/c15-16-13(14-6-3-9-19-14)10-11-7-8-18(17-11)12-4-1-2-5-12/h3,6-9,12-13,16H,1-2,4-5,10,15H2. The summed E-state index contributed by atoms with van der Waals surface area (Å²) in [5, 5.41) is 4.67. The average Bonchev–Trinajstić information content (AvgIpc) is 3.15. The van der Waals surface area contributed by atoms with Crippen molar-refractivity contribution in [2.75, 3.05) is 0 Å². The van der Waals surface area contributed by atoms with Gasteiger partial charge in [0.15, 0.2) is 0 Å². The Balaban J connectivity index is 1.69. The second kappa shape index (κ2) is 5.59. The minimum absolute atomic E-state index is 0.0260. The van der Waals surface area contributed by atoms with E-state index < -0.39 is 0 Å². The van der Waals surface area contributed by atoms with E-state index in [4.69, 9.17) is 10.3 Å². The zero-order valence-electron chi connectivity index (χ0n) is 11.0. The van der Waals surface area contributed by atoms with Gasteiger partial charge in [-0.25, -0.2) is 5.43 Å². The molecule has 1 aliphatic carbocycles. The summed E-state index contributed by atoms with van der Waals surface area (Å²) in [6.45, 7) is 0. The molecule has 0 radical (unpaired) electrons. The van der Waals surface area contributed by atoms with Crippen molar-refractivity contribution in [1.82, 2.24) is 15.2 Å². The smallest absolute Gasteiger partial charge is 0.122 e. The van der Waals surface area contributed by atoms with Crippen molar-refractivity contribution in [2.45, 2.75) is 44.2 Å². The lowest BCUT2D eigenvalue weighted by molar-refractivity contribution is 0.408. The zero-order chi connectivity index (χ0) is 13.1. The van der Waals surface area contributed by atoms with Gasteiger partial charge in [0.25, 0.3) is 0 Å².